The number of unbranched alkanes of at least 4 members (excludes halogenated alkanes) is 4. The minimum atomic E-state index is 0.439. The smallest absolute Gasteiger partial charge is 0.00844 e. The lowest BCUT2D eigenvalue weighted by molar-refractivity contribution is 0.262. The summed E-state index contributed by atoms with van der Waals surface area (Å²) in [7, 11) is 0. The zero-order valence-corrected chi connectivity index (χ0v) is 11.9. The highest BCUT2D eigenvalue weighted by molar-refractivity contribution is 4.87. The first-order valence-electron chi connectivity index (χ1n) is 7.77. The Labute approximate surface area is 108 Å². The molecule has 2 nitrogen and oxygen atoms in total. The summed E-state index contributed by atoms with van der Waals surface area (Å²) in [6.45, 7) is 4.54. The molecule has 1 aliphatic rings. The van der Waals surface area contributed by atoms with Crippen LogP contribution in [0.4, 0.5) is 0 Å². The number of nitrogens with one attached hydrogen (secondary N) is 1. The van der Waals surface area contributed by atoms with E-state index >= 15 is 0 Å². The highest BCUT2D eigenvalue weighted by atomic mass is 15.0. The molecule has 3 N–H and O–H groups in total. The molecule has 17 heavy (non-hydrogen) atoms. The van der Waals surface area contributed by atoms with Gasteiger partial charge in [-0.25, -0.2) is 0 Å². The van der Waals surface area contributed by atoms with E-state index in [4.69, 9.17) is 5.73 Å². The number of rotatable bonds is 8. The van der Waals surface area contributed by atoms with Crippen molar-refractivity contribution in [1.82, 2.24) is 5.32 Å². The van der Waals surface area contributed by atoms with Crippen LogP contribution in [0, 0.1) is 0 Å². The second kappa shape index (κ2) is 8.93. The van der Waals surface area contributed by atoms with Gasteiger partial charge in [-0.15, -0.1) is 0 Å². The average molecular weight is 240 g/mol. The Kier molecular flexibility index (Phi) is 7.87. The molecule has 0 aromatic carbocycles. The summed E-state index contributed by atoms with van der Waals surface area (Å²) in [6, 6.07) is 1.82. The van der Waals surface area contributed by atoms with Crippen molar-refractivity contribution in [3.63, 3.8) is 0 Å². The van der Waals surface area contributed by atoms with Gasteiger partial charge in [0.2, 0.25) is 0 Å². The predicted octanol–water partition coefficient (Wildman–Crippen LogP) is 3.59. The third-order valence-corrected chi connectivity index (χ3v) is 3.96. The maximum absolute atomic E-state index is 6.18. The van der Waals surface area contributed by atoms with Crippen LogP contribution in [0.3, 0.4) is 0 Å². The van der Waals surface area contributed by atoms with Crippen molar-refractivity contribution in [2.75, 3.05) is 0 Å². The molecule has 0 spiro atoms. The highest BCUT2D eigenvalue weighted by Gasteiger charge is 2.25. The fourth-order valence-electron chi connectivity index (χ4n) is 2.98. The van der Waals surface area contributed by atoms with Crippen molar-refractivity contribution in [2.24, 2.45) is 5.73 Å². The molecule has 1 rings (SSSR count). The summed E-state index contributed by atoms with van der Waals surface area (Å²) in [5.41, 5.74) is 6.18. The fraction of sp³-hybridized carbons (Fsp3) is 1.00. The van der Waals surface area contributed by atoms with Gasteiger partial charge in [-0.1, -0.05) is 52.4 Å². The van der Waals surface area contributed by atoms with Gasteiger partial charge in [-0.05, 0) is 25.7 Å². The molecule has 0 aliphatic carbocycles. The van der Waals surface area contributed by atoms with E-state index in [-0.39, 0.29) is 0 Å². The largest absolute Gasteiger partial charge is 0.328 e. The molecule has 1 aliphatic heterocycles. The predicted molar refractivity (Wildman–Crippen MR) is 76.2 cm³/mol. The van der Waals surface area contributed by atoms with E-state index in [1.54, 1.807) is 0 Å². The van der Waals surface area contributed by atoms with Crippen LogP contribution in [0.5, 0.6) is 0 Å². The lowest BCUT2D eigenvalue weighted by atomic mass is 9.89. The van der Waals surface area contributed by atoms with Crippen molar-refractivity contribution >= 4 is 0 Å². The summed E-state index contributed by atoms with van der Waals surface area (Å²) in [4.78, 5) is 0. The molecule has 0 amide bonds. The van der Waals surface area contributed by atoms with Crippen LogP contribution in [0.1, 0.15) is 78.1 Å². The van der Waals surface area contributed by atoms with E-state index in [0.717, 1.165) is 0 Å². The first-order valence-corrected chi connectivity index (χ1v) is 7.77. The Hall–Kier alpha value is -0.0800. The third-order valence-electron chi connectivity index (χ3n) is 3.96. The topological polar surface area (TPSA) is 38.0 Å². The Balaban J connectivity index is 2.21. The van der Waals surface area contributed by atoms with Gasteiger partial charge in [-0.2, -0.15) is 0 Å². The standard InChI is InChI=1S/C15H32N2/c1-3-5-7-9-14-11-13(16)12-15(17-14)10-8-6-4-2/h13-15,17H,3-12,16H2,1-2H3. The molecule has 0 saturated carbocycles. The summed E-state index contributed by atoms with van der Waals surface area (Å²) in [5.74, 6) is 0. The lowest BCUT2D eigenvalue weighted by Crippen LogP contribution is -2.49. The monoisotopic (exact) mass is 240 g/mol. The van der Waals surface area contributed by atoms with Gasteiger partial charge >= 0.3 is 0 Å². The Morgan fingerprint density at radius 1 is 0.882 bits per heavy atom. The summed E-state index contributed by atoms with van der Waals surface area (Å²) in [6.07, 6.45) is 13.1. The van der Waals surface area contributed by atoms with Gasteiger partial charge in [0.15, 0.2) is 0 Å². The van der Waals surface area contributed by atoms with Crippen LogP contribution in [-0.2, 0) is 0 Å². The molecule has 2 atom stereocenters. The summed E-state index contributed by atoms with van der Waals surface area (Å²) < 4.78 is 0. The van der Waals surface area contributed by atoms with E-state index in [1.807, 2.05) is 0 Å². The summed E-state index contributed by atoms with van der Waals surface area (Å²) >= 11 is 0. The normalized spacial score (nSPS) is 29.5. The van der Waals surface area contributed by atoms with Gasteiger partial charge in [0.05, 0.1) is 0 Å². The Morgan fingerprint density at radius 2 is 1.35 bits per heavy atom. The van der Waals surface area contributed by atoms with Crippen LogP contribution in [0.2, 0.25) is 0 Å². The molecule has 0 bridgehead atoms. The third kappa shape index (κ3) is 6.42. The molecule has 1 heterocycles. The number of nitrogens with two attached hydrogens (primary N) is 1. The molecule has 2 unspecified atom stereocenters. The van der Waals surface area contributed by atoms with E-state index in [0.29, 0.717) is 18.1 Å². The first-order chi connectivity index (χ1) is 8.26. The minimum absolute atomic E-state index is 0.439. The van der Waals surface area contributed by atoms with E-state index in [1.165, 1.54) is 64.2 Å². The zero-order chi connectivity index (χ0) is 12.5. The first kappa shape index (κ1) is 15.0. The quantitative estimate of drug-likeness (QED) is 0.636. The number of hydrogen-bond acceptors (Lipinski definition) is 2. The molecular formula is C15H32N2. The molecule has 0 aromatic rings. The van der Waals surface area contributed by atoms with E-state index < -0.39 is 0 Å². The average Bonchev–Trinajstić information content (AvgIpc) is 2.29. The second-order valence-corrected chi connectivity index (χ2v) is 5.78. The molecule has 1 saturated heterocycles. The fourth-order valence-corrected chi connectivity index (χ4v) is 2.98. The second-order valence-electron chi connectivity index (χ2n) is 5.78. The van der Waals surface area contributed by atoms with Crippen LogP contribution in [-0.4, -0.2) is 18.1 Å². The van der Waals surface area contributed by atoms with Crippen molar-refractivity contribution in [3.05, 3.63) is 0 Å². The van der Waals surface area contributed by atoms with E-state index in [9.17, 15) is 0 Å². The summed E-state index contributed by atoms with van der Waals surface area (Å²) in [5, 5.41) is 3.82. The van der Waals surface area contributed by atoms with Crippen molar-refractivity contribution in [1.29, 1.82) is 0 Å². The zero-order valence-electron chi connectivity index (χ0n) is 11.9. The Morgan fingerprint density at radius 3 is 1.76 bits per heavy atom. The molecule has 0 aromatic heterocycles. The Bertz CT molecular complexity index is 164. The van der Waals surface area contributed by atoms with Crippen molar-refractivity contribution < 1.29 is 0 Å². The molecule has 2 heteroatoms. The van der Waals surface area contributed by atoms with Crippen molar-refractivity contribution in [2.45, 2.75) is 96.2 Å². The lowest BCUT2D eigenvalue weighted by Gasteiger charge is -2.35. The molecule has 102 valence electrons. The van der Waals surface area contributed by atoms with Gasteiger partial charge in [0, 0.05) is 18.1 Å². The molecular weight excluding hydrogens is 208 g/mol. The number of piperidine rings is 1. The van der Waals surface area contributed by atoms with Crippen LogP contribution < -0.4 is 11.1 Å². The SMILES string of the molecule is CCCCCC1CC(N)CC(CCCCC)N1. The minimum Gasteiger partial charge on any atom is -0.328 e. The maximum Gasteiger partial charge on any atom is 0.00844 e. The number of hydrogen-bond donors (Lipinski definition) is 2. The van der Waals surface area contributed by atoms with Crippen LogP contribution >= 0.6 is 0 Å². The van der Waals surface area contributed by atoms with Crippen molar-refractivity contribution in [3.8, 4) is 0 Å². The maximum atomic E-state index is 6.18. The van der Waals surface area contributed by atoms with Gasteiger partial charge in [0.1, 0.15) is 0 Å². The highest BCUT2D eigenvalue weighted by Crippen LogP contribution is 2.20. The van der Waals surface area contributed by atoms with E-state index in [2.05, 4.69) is 19.2 Å². The van der Waals surface area contributed by atoms with Crippen LogP contribution in [0.25, 0.3) is 0 Å². The molecule has 1 fully saturated rings. The van der Waals surface area contributed by atoms with Crippen LogP contribution in [0.15, 0.2) is 0 Å². The molecule has 0 radical (unpaired) electrons. The van der Waals surface area contributed by atoms with Gasteiger partial charge in [-0.3, -0.25) is 0 Å². The van der Waals surface area contributed by atoms with Gasteiger partial charge < -0.3 is 11.1 Å². The van der Waals surface area contributed by atoms with Gasteiger partial charge in [0.25, 0.3) is 0 Å².